The second-order valence-electron chi connectivity index (χ2n) is 4.55. The summed E-state index contributed by atoms with van der Waals surface area (Å²) < 4.78 is 14.5. The van der Waals surface area contributed by atoms with Gasteiger partial charge in [0.2, 0.25) is 0 Å². The summed E-state index contributed by atoms with van der Waals surface area (Å²) in [6, 6.07) is 4.88. The number of hydrogen-bond acceptors (Lipinski definition) is 2. The maximum absolute atomic E-state index is 13.7. The Balaban J connectivity index is 2.68. The number of nitrogens with zero attached hydrogens (tertiary/aromatic N) is 1. The molecule has 0 radical (unpaired) electrons. The van der Waals surface area contributed by atoms with Crippen LogP contribution in [0, 0.1) is 11.7 Å². The van der Waals surface area contributed by atoms with Crippen molar-refractivity contribution in [1.29, 1.82) is 0 Å². The van der Waals surface area contributed by atoms with Crippen LogP contribution < -0.4 is 5.73 Å². The number of aromatic nitrogens is 1. The molecule has 2 nitrogen and oxygen atoms in total. The lowest BCUT2D eigenvalue weighted by molar-refractivity contribution is 0.625. The van der Waals surface area contributed by atoms with Gasteiger partial charge in [0.1, 0.15) is 11.3 Å². The molecule has 0 aliphatic rings. The molecular weight excluding hydrogens is 283 g/mol. The number of halogens is 2. The maximum atomic E-state index is 13.7. The van der Waals surface area contributed by atoms with Gasteiger partial charge >= 0.3 is 0 Å². The first-order valence-electron chi connectivity index (χ1n) is 5.52. The van der Waals surface area contributed by atoms with Crippen LogP contribution in [0.5, 0.6) is 0 Å². The Hall–Kier alpha value is -1.16. The Kier molecular flexibility index (Phi) is 3.33. The molecular formula is C13H14BrFN2. The molecule has 0 saturated heterocycles. The zero-order valence-corrected chi connectivity index (χ0v) is 11.4. The molecule has 0 bridgehead atoms. The molecule has 2 aromatic rings. The largest absolute Gasteiger partial charge is 0.398 e. The van der Waals surface area contributed by atoms with Crippen molar-refractivity contribution in [2.75, 3.05) is 5.73 Å². The van der Waals surface area contributed by atoms with Gasteiger partial charge in [-0.2, -0.15) is 0 Å². The van der Waals surface area contributed by atoms with E-state index >= 15 is 0 Å². The summed E-state index contributed by atoms with van der Waals surface area (Å²) >= 11 is 3.37. The Morgan fingerprint density at radius 3 is 2.76 bits per heavy atom. The number of benzene rings is 1. The Morgan fingerprint density at radius 2 is 2.12 bits per heavy atom. The number of fused-ring (bicyclic) bond motifs is 1. The highest BCUT2D eigenvalue weighted by atomic mass is 79.9. The first kappa shape index (κ1) is 12.3. The molecule has 2 rings (SSSR count). The SMILES string of the molecule is CC(C)Cc1cc(N)c2c(Br)ccc(F)c2n1. The fraction of sp³-hybridized carbons (Fsp3) is 0.308. The quantitative estimate of drug-likeness (QED) is 0.912. The van der Waals surface area contributed by atoms with Gasteiger partial charge in [-0.1, -0.05) is 29.8 Å². The normalized spacial score (nSPS) is 11.4. The lowest BCUT2D eigenvalue weighted by Gasteiger charge is -2.10. The van der Waals surface area contributed by atoms with Crippen LogP contribution >= 0.6 is 15.9 Å². The number of nitrogens with two attached hydrogens (primary N) is 1. The Bertz CT molecular complexity index is 567. The molecule has 0 aliphatic carbocycles. The van der Waals surface area contributed by atoms with Crippen LogP contribution in [-0.4, -0.2) is 4.98 Å². The lowest BCUT2D eigenvalue weighted by atomic mass is 10.1. The van der Waals surface area contributed by atoms with Crippen LogP contribution in [0.3, 0.4) is 0 Å². The fourth-order valence-corrected chi connectivity index (χ4v) is 2.42. The predicted molar refractivity (Wildman–Crippen MR) is 72.4 cm³/mol. The topological polar surface area (TPSA) is 38.9 Å². The van der Waals surface area contributed by atoms with Crippen LogP contribution in [0.1, 0.15) is 19.5 Å². The summed E-state index contributed by atoms with van der Waals surface area (Å²) in [5.74, 6) is 0.134. The van der Waals surface area contributed by atoms with Gasteiger partial charge < -0.3 is 5.73 Å². The van der Waals surface area contributed by atoms with Crippen molar-refractivity contribution in [2.45, 2.75) is 20.3 Å². The second-order valence-corrected chi connectivity index (χ2v) is 5.41. The van der Waals surface area contributed by atoms with Gasteiger partial charge in [0.05, 0.1) is 0 Å². The zero-order chi connectivity index (χ0) is 12.6. The Morgan fingerprint density at radius 1 is 1.41 bits per heavy atom. The van der Waals surface area contributed by atoms with Crippen LogP contribution in [0.4, 0.5) is 10.1 Å². The number of anilines is 1. The zero-order valence-electron chi connectivity index (χ0n) is 9.80. The van der Waals surface area contributed by atoms with E-state index in [4.69, 9.17) is 5.73 Å². The summed E-state index contributed by atoms with van der Waals surface area (Å²) in [6.45, 7) is 4.19. The van der Waals surface area contributed by atoms with Crippen LogP contribution in [0.25, 0.3) is 10.9 Å². The molecule has 0 fully saturated rings. The number of hydrogen-bond donors (Lipinski definition) is 1. The van der Waals surface area contributed by atoms with E-state index in [1.165, 1.54) is 6.07 Å². The first-order chi connectivity index (χ1) is 7.99. The van der Waals surface area contributed by atoms with Crippen molar-refractivity contribution in [3.8, 4) is 0 Å². The Labute approximate surface area is 108 Å². The average molecular weight is 297 g/mol. The third kappa shape index (κ3) is 2.41. The number of nitrogen functional groups attached to an aromatic ring is 1. The van der Waals surface area contributed by atoms with Gasteiger partial charge in [-0.15, -0.1) is 0 Å². The molecule has 1 heterocycles. The van der Waals surface area contributed by atoms with Crippen molar-refractivity contribution < 1.29 is 4.39 Å². The summed E-state index contributed by atoms with van der Waals surface area (Å²) in [7, 11) is 0. The standard InChI is InChI=1S/C13H14BrFN2/c1-7(2)5-8-6-11(16)12-9(14)3-4-10(15)13(12)17-8/h3-4,6-7H,5H2,1-2H3,(H2,16,17). The van der Waals surface area contributed by atoms with E-state index in [9.17, 15) is 4.39 Å². The first-order valence-corrected chi connectivity index (χ1v) is 6.31. The van der Waals surface area contributed by atoms with E-state index in [1.54, 1.807) is 6.07 Å². The van der Waals surface area contributed by atoms with E-state index in [0.717, 1.165) is 16.6 Å². The molecule has 0 aliphatic heterocycles. The van der Waals surface area contributed by atoms with Crippen molar-refractivity contribution >= 4 is 32.5 Å². The van der Waals surface area contributed by atoms with Gasteiger partial charge in [-0.25, -0.2) is 9.37 Å². The summed E-state index contributed by atoms with van der Waals surface area (Å²) in [4.78, 5) is 4.35. The predicted octanol–water partition coefficient (Wildman–Crippen LogP) is 3.92. The molecule has 0 atom stereocenters. The van der Waals surface area contributed by atoms with E-state index in [0.29, 0.717) is 22.5 Å². The van der Waals surface area contributed by atoms with Gasteiger partial charge in [-0.3, -0.25) is 0 Å². The highest BCUT2D eigenvalue weighted by molar-refractivity contribution is 9.10. The van der Waals surface area contributed by atoms with E-state index < -0.39 is 0 Å². The monoisotopic (exact) mass is 296 g/mol. The minimum absolute atomic E-state index is 0.333. The minimum atomic E-state index is -0.333. The van der Waals surface area contributed by atoms with Crippen LogP contribution in [-0.2, 0) is 6.42 Å². The maximum Gasteiger partial charge on any atom is 0.149 e. The van der Waals surface area contributed by atoms with Crippen molar-refractivity contribution in [1.82, 2.24) is 4.98 Å². The highest BCUT2D eigenvalue weighted by Gasteiger charge is 2.11. The fourth-order valence-electron chi connectivity index (χ4n) is 1.88. The number of rotatable bonds is 2. The third-order valence-electron chi connectivity index (χ3n) is 2.56. The van der Waals surface area contributed by atoms with Gasteiger partial charge in [0.15, 0.2) is 0 Å². The molecule has 4 heteroatoms. The molecule has 17 heavy (non-hydrogen) atoms. The van der Waals surface area contributed by atoms with Crippen molar-refractivity contribution in [3.05, 3.63) is 34.2 Å². The highest BCUT2D eigenvalue weighted by Crippen LogP contribution is 2.30. The summed E-state index contributed by atoms with van der Waals surface area (Å²) in [5.41, 5.74) is 7.71. The molecule has 0 unspecified atom stereocenters. The molecule has 0 spiro atoms. The second kappa shape index (κ2) is 4.61. The molecule has 0 saturated carbocycles. The molecule has 0 amide bonds. The lowest BCUT2D eigenvalue weighted by Crippen LogP contribution is -2.01. The molecule has 1 aromatic heterocycles. The number of pyridine rings is 1. The van der Waals surface area contributed by atoms with E-state index in [-0.39, 0.29) is 5.82 Å². The molecule has 90 valence electrons. The smallest absolute Gasteiger partial charge is 0.149 e. The summed E-state index contributed by atoms with van der Waals surface area (Å²) in [6.07, 6.45) is 0.798. The summed E-state index contributed by atoms with van der Waals surface area (Å²) in [5, 5.41) is 0.650. The van der Waals surface area contributed by atoms with E-state index in [1.807, 2.05) is 6.07 Å². The van der Waals surface area contributed by atoms with Crippen LogP contribution in [0.2, 0.25) is 0 Å². The molecule has 2 N–H and O–H groups in total. The van der Waals surface area contributed by atoms with Gasteiger partial charge in [0.25, 0.3) is 0 Å². The molecule has 1 aromatic carbocycles. The minimum Gasteiger partial charge on any atom is -0.398 e. The average Bonchev–Trinajstić information content (AvgIpc) is 2.22. The van der Waals surface area contributed by atoms with Crippen molar-refractivity contribution in [3.63, 3.8) is 0 Å². The third-order valence-corrected chi connectivity index (χ3v) is 3.22. The van der Waals surface area contributed by atoms with Crippen molar-refractivity contribution in [2.24, 2.45) is 5.92 Å². The van der Waals surface area contributed by atoms with Gasteiger partial charge in [-0.05, 0) is 30.5 Å². The van der Waals surface area contributed by atoms with Gasteiger partial charge in [0, 0.05) is 21.2 Å². The van der Waals surface area contributed by atoms with Crippen LogP contribution in [0.15, 0.2) is 22.7 Å². The van der Waals surface area contributed by atoms with E-state index in [2.05, 4.69) is 34.8 Å².